The molecule has 7 amide bonds. The lowest BCUT2D eigenvalue weighted by molar-refractivity contribution is -0.138. The summed E-state index contributed by atoms with van der Waals surface area (Å²) in [6.07, 6.45) is -2.37. The van der Waals surface area contributed by atoms with Gasteiger partial charge in [0.25, 0.3) is 17.7 Å². The fraction of sp³-hybridized carbons (Fsp3) is 0.364. The summed E-state index contributed by atoms with van der Waals surface area (Å²) in [7, 11) is 0. The Morgan fingerprint density at radius 2 is 1.78 bits per heavy atom. The molecule has 2 aromatic carbocycles. The number of anilines is 1. The first-order valence-electron chi connectivity index (χ1n) is 15.8. The van der Waals surface area contributed by atoms with Crippen LogP contribution in [0.4, 0.5) is 23.7 Å². The number of nitrogens with zero attached hydrogens (tertiary/aromatic N) is 7. The summed E-state index contributed by atoms with van der Waals surface area (Å²) in [6.45, 7) is 3.36. The van der Waals surface area contributed by atoms with Crippen LogP contribution < -0.4 is 15.0 Å². The van der Waals surface area contributed by atoms with E-state index in [9.17, 15) is 41.9 Å². The molecular formula is C33H29F3N8O7. The monoisotopic (exact) mass is 706 g/mol. The van der Waals surface area contributed by atoms with E-state index in [1.54, 1.807) is 6.20 Å². The van der Waals surface area contributed by atoms with Crippen LogP contribution in [0.5, 0.6) is 5.75 Å². The summed E-state index contributed by atoms with van der Waals surface area (Å²) in [6, 6.07) is 6.75. The van der Waals surface area contributed by atoms with E-state index in [0.717, 1.165) is 17.0 Å². The van der Waals surface area contributed by atoms with Gasteiger partial charge in [-0.3, -0.25) is 38.9 Å². The smallest absolute Gasteiger partial charge is 0.417 e. The van der Waals surface area contributed by atoms with Crippen molar-refractivity contribution in [3.63, 3.8) is 0 Å². The molecule has 0 bridgehead atoms. The van der Waals surface area contributed by atoms with Gasteiger partial charge in [0.05, 0.1) is 40.2 Å². The number of carbonyl (C=O) groups excluding carboxylic acids is 6. The van der Waals surface area contributed by atoms with E-state index >= 15 is 0 Å². The van der Waals surface area contributed by atoms with Gasteiger partial charge in [-0.2, -0.15) is 18.4 Å². The Hall–Kier alpha value is -6.12. The predicted octanol–water partition coefficient (Wildman–Crippen LogP) is 3.18. The molecule has 1 aromatic heterocycles. The third kappa shape index (κ3) is 6.26. The Balaban J connectivity index is 1.04. The molecule has 0 spiro atoms. The number of ether oxygens (including phenoxy) is 1. The summed E-state index contributed by atoms with van der Waals surface area (Å²) in [5.74, 6) is -3.18. The SMILES string of the molecule is CC1(C)C(=O)N(c2ccc(C#N)c(C(F)(F)F)c2)C(=O)N1CCCCn1cc(COc2cccc3c2C(=O)N(C2CCC(=O)NC2=O)C3=O)nn1. The molecule has 1 N–H and O–H groups in total. The number of fused-ring (bicyclic) bond motifs is 1. The van der Waals surface area contributed by atoms with Crippen molar-refractivity contribution in [1.82, 2.24) is 30.1 Å². The molecule has 1 atom stereocenters. The fourth-order valence-corrected chi connectivity index (χ4v) is 6.26. The van der Waals surface area contributed by atoms with Gasteiger partial charge in [-0.1, -0.05) is 11.3 Å². The van der Waals surface area contributed by atoms with Crippen LogP contribution in [0, 0.1) is 11.3 Å². The maximum atomic E-state index is 13.5. The number of urea groups is 1. The fourth-order valence-electron chi connectivity index (χ4n) is 6.26. The second-order valence-electron chi connectivity index (χ2n) is 12.6. The lowest BCUT2D eigenvalue weighted by Gasteiger charge is -2.27. The molecular weight excluding hydrogens is 677 g/mol. The van der Waals surface area contributed by atoms with E-state index < -0.39 is 64.5 Å². The van der Waals surface area contributed by atoms with Crippen molar-refractivity contribution in [1.29, 1.82) is 5.26 Å². The van der Waals surface area contributed by atoms with Crippen LogP contribution in [0.25, 0.3) is 0 Å². The molecule has 18 heteroatoms. The van der Waals surface area contributed by atoms with Crippen molar-refractivity contribution in [2.45, 2.75) is 70.4 Å². The first kappa shape index (κ1) is 34.7. The molecule has 264 valence electrons. The average Bonchev–Trinajstić information content (AvgIpc) is 3.69. The number of carbonyl (C=O) groups is 6. The summed E-state index contributed by atoms with van der Waals surface area (Å²) in [5, 5.41) is 19.4. The Morgan fingerprint density at radius 1 is 1.04 bits per heavy atom. The number of alkyl halides is 3. The number of aryl methyl sites for hydroxylation is 1. The number of piperidine rings is 1. The minimum Gasteiger partial charge on any atom is -0.486 e. The quantitative estimate of drug-likeness (QED) is 0.186. The van der Waals surface area contributed by atoms with Crippen LogP contribution >= 0.6 is 0 Å². The number of amides is 7. The van der Waals surface area contributed by atoms with Crippen LogP contribution in [-0.2, 0) is 33.7 Å². The summed E-state index contributed by atoms with van der Waals surface area (Å²) >= 11 is 0. The van der Waals surface area contributed by atoms with E-state index in [1.807, 2.05) is 0 Å². The first-order valence-corrected chi connectivity index (χ1v) is 15.8. The van der Waals surface area contributed by atoms with Gasteiger partial charge in [-0.05, 0) is 63.4 Å². The molecule has 15 nitrogen and oxygen atoms in total. The highest BCUT2D eigenvalue weighted by Crippen LogP contribution is 2.38. The number of nitrogens with one attached hydrogen (secondary N) is 1. The van der Waals surface area contributed by atoms with Gasteiger partial charge in [-0.15, -0.1) is 5.10 Å². The topological polar surface area (TPSA) is 188 Å². The van der Waals surface area contributed by atoms with E-state index in [1.165, 1.54) is 47.7 Å². The molecule has 3 aromatic rings. The van der Waals surface area contributed by atoms with Crippen molar-refractivity contribution in [3.8, 4) is 11.8 Å². The maximum Gasteiger partial charge on any atom is 0.417 e. The lowest BCUT2D eigenvalue weighted by Crippen LogP contribution is -2.54. The van der Waals surface area contributed by atoms with Gasteiger partial charge >= 0.3 is 12.2 Å². The standard InChI is InChI=1S/C33H29F3N8O7/c1-32(2)30(49)43(20-9-8-18(15-37)22(14-20)33(34,35)36)31(50)42(32)13-4-3-12-41-16-19(39-40-41)17-51-24-7-5-6-21-26(24)29(48)44(28(21)47)23-10-11-25(45)38-27(23)46/h5-9,14,16,23H,3-4,10-13,17H2,1-2H3,(H,38,45,46). The highest BCUT2D eigenvalue weighted by atomic mass is 19.4. The Bertz CT molecular complexity index is 2040. The van der Waals surface area contributed by atoms with E-state index in [-0.39, 0.29) is 48.6 Å². The Morgan fingerprint density at radius 3 is 2.49 bits per heavy atom. The minimum absolute atomic E-state index is 0.00371. The highest BCUT2D eigenvalue weighted by molar-refractivity contribution is 6.25. The second kappa shape index (κ2) is 13.0. The number of aromatic nitrogens is 3. The molecule has 3 aliphatic rings. The van der Waals surface area contributed by atoms with Crippen LogP contribution in [-0.4, -0.2) is 78.5 Å². The zero-order valence-corrected chi connectivity index (χ0v) is 27.2. The largest absolute Gasteiger partial charge is 0.486 e. The van der Waals surface area contributed by atoms with Crippen molar-refractivity contribution in [2.75, 3.05) is 11.4 Å². The van der Waals surface area contributed by atoms with Gasteiger partial charge < -0.3 is 9.64 Å². The number of halogens is 3. The van der Waals surface area contributed by atoms with E-state index in [2.05, 4.69) is 15.6 Å². The number of benzene rings is 2. The van der Waals surface area contributed by atoms with Crippen molar-refractivity contribution in [3.05, 3.63) is 70.5 Å². The number of nitriles is 1. The van der Waals surface area contributed by atoms with Crippen molar-refractivity contribution in [2.24, 2.45) is 0 Å². The van der Waals surface area contributed by atoms with Gasteiger partial charge in [0.1, 0.15) is 29.6 Å². The van der Waals surface area contributed by atoms with Crippen molar-refractivity contribution >= 4 is 41.3 Å². The number of unbranched alkanes of at least 4 members (excludes halogenated alkanes) is 1. The molecule has 4 heterocycles. The summed E-state index contributed by atoms with van der Waals surface area (Å²) < 4.78 is 48.0. The third-order valence-electron chi connectivity index (χ3n) is 8.92. The van der Waals surface area contributed by atoms with Crippen LogP contribution in [0.1, 0.15) is 77.1 Å². The first-order chi connectivity index (χ1) is 24.1. The van der Waals surface area contributed by atoms with Crippen molar-refractivity contribution < 1.29 is 46.7 Å². The predicted molar refractivity (Wildman–Crippen MR) is 167 cm³/mol. The molecule has 2 fully saturated rings. The molecule has 3 aliphatic heterocycles. The molecule has 0 radical (unpaired) electrons. The average molecular weight is 707 g/mol. The normalized spacial score (nSPS) is 18.7. The Labute approximate surface area is 287 Å². The summed E-state index contributed by atoms with van der Waals surface area (Å²) in [4.78, 5) is 79.6. The number of hydrogen-bond donors (Lipinski definition) is 1. The van der Waals surface area contributed by atoms with Gasteiger partial charge in [0, 0.05) is 19.5 Å². The van der Waals surface area contributed by atoms with E-state index in [4.69, 9.17) is 10.00 Å². The third-order valence-corrected chi connectivity index (χ3v) is 8.92. The molecule has 0 aliphatic carbocycles. The molecule has 1 unspecified atom stereocenters. The molecule has 2 saturated heterocycles. The zero-order valence-electron chi connectivity index (χ0n) is 27.2. The summed E-state index contributed by atoms with van der Waals surface area (Å²) in [5.41, 5.74) is -3.04. The van der Waals surface area contributed by atoms with Gasteiger partial charge in [-0.25, -0.2) is 9.69 Å². The lowest BCUT2D eigenvalue weighted by atomic mass is 10.0. The van der Waals surface area contributed by atoms with Crippen LogP contribution in [0.3, 0.4) is 0 Å². The number of hydrogen-bond acceptors (Lipinski definition) is 10. The minimum atomic E-state index is -4.86. The van der Waals surface area contributed by atoms with Gasteiger partial charge in [0.15, 0.2) is 0 Å². The number of rotatable bonds is 10. The van der Waals surface area contributed by atoms with Crippen LogP contribution in [0.2, 0.25) is 0 Å². The zero-order chi connectivity index (χ0) is 36.8. The highest BCUT2D eigenvalue weighted by Gasteiger charge is 2.52. The Kier molecular flexibility index (Phi) is 8.83. The maximum absolute atomic E-state index is 13.5. The molecule has 0 saturated carbocycles. The van der Waals surface area contributed by atoms with E-state index in [0.29, 0.717) is 36.0 Å². The van der Waals surface area contributed by atoms with Gasteiger partial charge in [0.2, 0.25) is 11.8 Å². The molecule has 51 heavy (non-hydrogen) atoms. The molecule has 6 rings (SSSR count). The van der Waals surface area contributed by atoms with Crippen LogP contribution in [0.15, 0.2) is 42.6 Å². The number of imide groups is 3. The second-order valence-corrected chi connectivity index (χ2v) is 12.6.